The minimum absolute atomic E-state index is 0.309. The minimum Gasteiger partial charge on any atom is -0.388 e. The van der Waals surface area contributed by atoms with Crippen molar-refractivity contribution in [2.75, 3.05) is 0 Å². The van der Waals surface area contributed by atoms with E-state index in [2.05, 4.69) is 44.8 Å². The maximum absolute atomic E-state index is 10.5. The van der Waals surface area contributed by atoms with Gasteiger partial charge in [0.15, 0.2) is 0 Å². The molecule has 1 aromatic heterocycles. The van der Waals surface area contributed by atoms with Gasteiger partial charge in [0.05, 0.1) is 11.6 Å². The third-order valence-corrected chi connectivity index (χ3v) is 3.82. The monoisotopic (exact) mass is 285 g/mol. The second-order valence-corrected chi connectivity index (χ2v) is 7.53. The van der Waals surface area contributed by atoms with Gasteiger partial charge in [-0.1, -0.05) is 39.8 Å². The lowest BCUT2D eigenvalue weighted by Crippen LogP contribution is -2.13. The Morgan fingerprint density at radius 1 is 1.14 bits per heavy atom. The van der Waals surface area contributed by atoms with Crippen molar-refractivity contribution < 1.29 is 5.11 Å². The molecule has 0 aliphatic rings. The molecule has 0 saturated heterocycles. The molecule has 2 nitrogen and oxygen atoms in total. The van der Waals surface area contributed by atoms with Crippen LogP contribution in [-0.2, 0) is 0 Å². The van der Waals surface area contributed by atoms with Gasteiger partial charge in [0.25, 0.3) is 0 Å². The van der Waals surface area contributed by atoms with Gasteiger partial charge in [0, 0.05) is 11.1 Å². The van der Waals surface area contributed by atoms with Crippen LogP contribution in [0.5, 0.6) is 0 Å². The van der Waals surface area contributed by atoms with E-state index < -0.39 is 6.10 Å². The topological polar surface area (TPSA) is 33.1 Å². The largest absolute Gasteiger partial charge is 0.388 e. The van der Waals surface area contributed by atoms with Crippen molar-refractivity contribution in [3.05, 3.63) is 41.6 Å². The molecule has 2 rings (SSSR count). The van der Waals surface area contributed by atoms with Crippen molar-refractivity contribution in [3.63, 3.8) is 0 Å². The summed E-state index contributed by atoms with van der Waals surface area (Å²) in [6.45, 7) is 11.0. The molecule has 1 N–H and O–H groups in total. The highest BCUT2D eigenvalue weighted by Crippen LogP contribution is 2.31. The molecule has 0 amide bonds. The average Bonchev–Trinajstić information content (AvgIpc) is 2.35. The van der Waals surface area contributed by atoms with Crippen molar-refractivity contribution in [2.45, 2.75) is 53.6 Å². The number of pyridine rings is 1. The quantitative estimate of drug-likeness (QED) is 0.853. The van der Waals surface area contributed by atoms with Gasteiger partial charge in [-0.05, 0) is 54.9 Å². The van der Waals surface area contributed by atoms with E-state index in [0.29, 0.717) is 11.3 Å². The van der Waals surface area contributed by atoms with Gasteiger partial charge in [-0.3, -0.25) is 4.98 Å². The van der Waals surface area contributed by atoms with E-state index in [9.17, 15) is 5.11 Å². The molecule has 0 fully saturated rings. The third kappa shape index (κ3) is 4.53. The summed E-state index contributed by atoms with van der Waals surface area (Å²) in [7, 11) is 0. The van der Waals surface area contributed by atoms with E-state index in [4.69, 9.17) is 0 Å². The highest BCUT2D eigenvalue weighted by atomic mass is 16.3. The van der Waals surface area contributed by atoms with Gasteiger partial charge in [0.1, 0.15) is 0 Å². The van der Waals surface area contributed by atoms with Crippen LogP contribution in [0.1, 0.15) is 57.9 Å². The van der Waals surface area contributed by atoms with Crippen molar-refractivity contribution in [3.8, 4) is 0 Å². The van der Waals surface area contributed by atoms with Gasteiger partial charge < -0.3 is 5.11 Å². The van der Waals surface area contributed by atoms with Crippen LogP contribution in [0.4, 0.5) is 0 Å². The predicted molar refractivity (Wildman–Crippen MR) is 89.3 cm³/mol. The number of nitrogens with zero attached hydrogens (tertiary/aromatic N) is 1. The lowest BCUT2D eigenvalue weighted by molar-refractivity contribution is 0.134. The Morgan fingerprint density at radius 2 is 1.86 bits per heavy atom. The fourth-order valence-electron chi connectivity index (χ4n) is 3.10. The first-order valence-corrected chi connectivity index (χ1v) is 7.80. The van der Waals surface area contributed by atoms with E-state index in [1.807, 2.05) is 25.1 Å². The number of rotatable bonds is 4. The molecule has 21 heavy (non-hydrogen) atoms. The Kier molecular flexibility index (Phi) is 4.67. The van der Waals surface area contributed by atoms with Crippen LogP contribution < -0.4 is 0 Å². The molecule has 0 bridgehead atoms. The minimum atomic E-state index is -0.395. The molecule has 2 aromatic rings. The lowest BCUT2D eigenvalue weighted by Gasteiger charge is -2.25. The number of aliphatic hydroxyl groups excluding tert-OH is 1. The normalized spacial score (nSPS) is 15.1. The van der Waals surface area contributed by atoms with Crippen LogP contribution in [-0.4, -0.2) is 10.1 Å². The number of aromatic nitrogens is 1. The summed E-state index contributed by atoms with van der Waals surface area (Å²) in [4.78, 5) is 4.50. The molecule has 114 valence electrons. The Labute approximate surface area is 128 Å². The molecule has 0 radical (unpaired) electrons. The zero-order chi connectivity index (χ0) is 15.6. The number of fused-ring (bicyclic) bond motifs is 1. The maximum atomic E-state index is 10.5. The molecule has 2 unspecified atom stereocenters. The number of aryl methyl sites for hydroxylation is 1. The Balaban J connectivity index is 2.12. The summed E-state index contributed by atoms with van der Waals surface area (Å²) in [6.07, 6.45) is 1.54. The van der Waals surface area contributed by atoms with Crippen molar-refractivity contribution in [1.29, 1.82) is 0 Å². The van der Waals surface area contributed by atoms with E-state index in [-0.39, 0.29) is 0 Å². The summed E-state index contributed by atoms with van der Waals surface area (Å²) < 4.78 is 0. The van der Waals surface area contributed by atoms with E-state index in [1.165, 1.54) is 0 Å². The van der Waals surface area contributed by atoms with Crippen LogP contribution in [0.2, 0.25) is 0 Å². The summed E-state index contributed by atoms with van der Waals surface area (Å²) in [5.74, 6) is 0.506. The van der Waals surface area contributed by atoms with Gasteiger partial charge in [0.2, 0.25) is 0 Å². The van der Waals surface area contributed by atoms with Crippen LogP contribution in [0.25, 0.3) is 10.9 Å². The average molecular weight is 285 g/mol. The molecule has 0 saturated carbocycles. The van der Waals surface area contributed by atoms with Gasteiger partial charge >= 0.3 is 0 Å². The number of aliphatic hydroxyl groups is 1. The van der Waals surface area contributed by atoms with Gasteiger partial charge in [-0.25, -0.2) is 0 Å². The summed E-state index contributed by atoms with van der Waals surface area (Å²) in [5, 5.41) is 11.6. The fourth-order valence-corrected chi connectivity index (χ4v) is 3.10. The van der Waals surface area contributed by atoms with E-state index in [1.54, 1.807) is 0 Å². The lowest BCUT2D eigenvalue weighted by atomic mass is 9.82. The van der Waals surface area contributed by atoms with Crippen LogP contribution in [0.3, 0.4) is 0 Å². The zero-order valence-electron chi connectivity index (χ0n) is 13.9. The maximum Gasteiger partial charge on any atom is 0.0792 e. The third-order valence-electron chi connectivity index (χ3n) is 3.82. The first kappa shape index (κ1) is 16.0. The Morgan fingerprint density at radius 3 is 2.52 bits per heavy atom. The highest BCUT2D eigenvalue weighted by molar-refractivity contribution is 5.79. The Bertz CT molecular complexity index is 612. The highest BCUT2D eigenvalue weighted by Gasteiger charge is 2.19. The van der Waals surface area contributed by atoms with Gasteiger partial charge in [-0.15, -0.1) is 0 Å². The second kappa shape index (κ2) is 6.15. The molecule has 1 heterocycles. The first-order valence-electron chi connectivity index (χ1n) is 7.80. The van der Waals surface area contributed by atoms with Crippen LogP contribution in [0.15, 0.2) is 30.3 Å². The molecule has 0 spiro atoms. The second-order valence-electron chi connectivity index (χ2n) is 7.53. The standard InChI is InChI=1S/C19H27NO/c1-13(12-19(3,4)5)10-18(21)16-8-9-17-15(11-16)7-6-14(2)20-17/h6-9,11,13,18,21H,10,12H2,1-5H3. The molecular weight excluding hydrogens is 258 g/mol. The van der Waals surface area contributed by atoms with Crippen molar-refractivity contribution in [2.24, 2.45) is 11.3 Å². The van der Waals surface area contributed by atoms with Crippen LogP contribution >= 0.6 is 0 Å². The first-order chi connectivity index (χ1) is 9.74. The smallest absolute Gasteiger partial charge is 0.0792 e. The fraction of sp³-hybridized carbons (Fsp3) is 0.526. The SMILES string of the molecule is Cc1ccc2cc(C(O)CC(C)CC(C)(C)C)ccc2n1. The summed E-state index contributed by atoms with van der Waals surface area (Å²) >= 11 is 0. The summed E-state index contributed by atoms with van der Waals surface area (Å²) in [5.41, 5.74) is 3.32. The van der Waals surface area contributed by atoms with Gasteiger partial charge in [-0.2, -0.15) is 0 Å². The van der Waals surface area contributed by atoms with Crippen LogP contribution in [0, 0.1) is 18.3 Å². The molecule has 0 aliphatic carbocycles. The predicted octanol–water partition coefficient (Wildman–Crippen LogP) is 5.04. The number of hydrogen-bond acceptors (Lipinski definition) is 2. The summed E-state index contributed by atoms with van der Waals surface area (Å²) in [6, 6.07) is 10.2. The van der Waals surface area contributed by atoms with E-state index in [0.717, 1.165) is 35.0 Å². The number of benzene rings is 1. The van der Waals surface area contributed by atoms with Crippen molar-refractivity contribution >= 4 is 10.9 Å². The van der Waals surface area contributed by atoms with Crippen molar-refractivity contribution in [1.82, 2.24) is 4.98 Å². The molecule has 1 aromatic carbocycles. The Hall–Kier alpha value is -1.41. The van der Waals surface area contributed by atoms with E-state index >= 15 is 0 Å². The molecule has 2 heteroatoms. The number of hydrogen-bond donors (Lipinski definition) is 1. The molecular formula is C19H27NO. The molecule has 0 aliphatic heterocycles. The molecule has 2 atom stereocenters. The zero-order valence-corrected chi connectivity index (χ0v) is 13.9.